The third-order valence-electron chi connectivity index (χ3n) is 2.96. The number of hydrogen-bond donors (Lipinski definition) is 2. The van der Waals surface area contributed by atoms with E-state index in [1.807, 2.05) is 39.8 Å². The quantitative estimate of drug-likeness (QED) is 0.789. The van der Waals surface area contributed by atoms with Crippen molar-refractivity contribution in [3.05, 3.63) is 34.9 Å². The molecular weight excluding hydrogens is 252 g/mol. The highest BCUT2D eigenvalue weighted by Gasteiger charge is 2.15. The fourth-order valence-corrected chi connectivity index (χ4v) is 1.83. The molecule has 0 bridgehead atoms. The molecule has 0 aliphatic heterocycles. The van der Waals surface area contributed by atoms with Crippen LogP contribution in [0.1, 0.15) is 38.8 Å². The number of rotatable bonds is 5. The summed E-state index contributed by atoms with van der Waals surface area (Å²) in [6.07, 6.45) is 6.28. The van der Waals surface area contributed by atoms with Crippen molar-refractivity contribution >= 4 is 6.08 Å². The van der Waals surface area contributed by atoms with Crippen LogP contribution in [0.15, 0.2) is 23.8 Å². The third-order valence-corrected chi connectivity index (χ3v) is 2.96. The molecule has 0 atom stereocenters. The average molecular weight is 276 g/mol. The van der Waals surface area contributed by atoms with Gasteiger partial charge in [-0.15, -0.1) is 0 Å². The zero-order valence-electron chi connectivity index (χ0n) is 12.9. The second-order valence-electron chi connectivity index (χ2n) is 5.43. The van der Waals surface area contributed by atoms with Gasteiger partial charge in [0.2, 0.25) is 0 Å². The van der Waals surface area contributed by atoms with Crippen LogP contribution in [0.4, 0.5) is 0 Å². The van der Waals surface area contributed by atoms with Crippen LogP contribution in [0, 0.1) is 5.92 Å². The summed E-state index contributed by atoms with van der Waals surface area (Å²) in [6.45, 7) is 8.09. The molecule has 1 aromatic rings. The molecule has 0 aromatic heterocycles. The summed E-state index contributed by atoms with van der Waals surface area (Å²) in [4.78, 5) is 0. The van der Waals surface area contributed by atoms with Crippen molar-refractivity contribution in [2.24, 2.45) is 5.92 Å². The lowest BCUT2D eigenvalue weighted by atomic mass is 10.0. The predicted molar refractivity (Wildman–Crippen MR) is 83.3 cm³/mol. The summed E-state index contributed by atoms with van der Waals surface area (Å²) in [5, 5.41) is 20.4. The summed E-state index contributed by atoms with van der Waals surface area (Å²) in [6, 6.07) is 1.55. The highest BCUT2D eigenvalue weighted by atomic mass is 16.5. The predicted octanol–water partition coefficient (Wildman–Crippen LogP) is 4.28. The Morgan fingerprint density at radius 2 is 1.95 bits per heavy atom. The Bertz CT molecular complexity index is 522. The van der Waals surface area contributed by atoms with Crippen LogP contribution in [0.25, 0.3) is 6.08 Å². The first kappa shape index (κ1) is 16.2. The van der Waals surface area contributed by atoms with Gasteiger partial charge in [0.15, 0.2) is 0 Å². The number of aromatic hydroxyl groups is 2. The summed E-state index contributed by atoms with van der Waals surface area (Å²) in [5.74, 6) is 0.949. The molecular formula is C17H24O3. The maximum atomic E-state index is 10.4. The van der Waals surface area contributed by atoms with Crippen molar-refractivity contribution in [2.45, 2.75) is 34.1 Å². The standard InChI is InChI=1S/C17H24O3/c1-11(2)6-8-13-15(18)10-16(20-5)14(17(13)19)9-7-12(3)4/h6-8,10-11,18-19H,9H2,1-5H3/b8-6-. The summed E-state index contributed by atoms with van der Waals surface area (Å²) >= 11 is 0. The SMILES string of the molecule is COc1cc(O)c(/C=C\C(C)C)c(O)c1CC=C(C)C. The molecule has 0 aliphatic rings. The zero-order valence-corrected chi connectivity index (χ0v) is 12.9. The van der Waals surface area contributed by atoms with Crippen LogP contribution in [-0.4, -0.2) is 17.3 Å². The molecule has 1 aromatic carbocycles. The van der Waals surface area contributed by atoms with Gasteiger partial charge < -0.3 is 14.9 Å². The minimum absolute atomic E-state index is 0.0252. The second-order valence-corrected chi connectivity index (χ2v) is 5.43. The lowest BCUT2D eigenvalue weighted by molar-refractivity contribution is 0.391. The average Bonchev–Trinajstić information content (AvgIpc) is 2.36. The van der Waals surface area contributed by atoms with Gasteiger partial charge in [0.1, 0.15) is 17.2 Å². The molecule has 0 aliphatic carbocycles. The molecule has 110 valence electrons. The van der Waals surface area contributed by atoms with Crippen molar-refractivity contribution in [1.82, 2.24) is 0 Å². The van der Waals surface area contributed by atoms with Gasteiger partial charge in [-0.2, -0.15) is 0 Å². The van der Waals surface area contributed by atoms with Crippen LogP contribution >= 0.6 is 0 Å². The lowest BCUT2D eigenvalue weighted by Crippen LogP contribution is -1.94. The molecule has 2 N–H and O–H groups in total. The number of ether oxygens (including phenoxy) is 1. The van der Waals surface area contributed by atoms with Crippen molar-refractivity contribution < 1.29 is 14.9 Å². The minimum atomic E-state index is 0.0252. The number of hydrogen-bond acceptors (Lipinski definition) is 3. The van der Waals surface area contributed by atoms with Crippen LogP contribution in [0.5, 0.6) is 17.2 Å². The van der Waals surface area contributed by atoms with E-state index in [1.165, 1.54) is 12.7 Å². The van der Waals surface area contributed by atoms with Crippen molar-refractivity contribution in [2.75, 3.05) is 7.11 Å². The first-order valence-corrected chi connectivity index (χ1v) is 6.80. The normalized spacial score (nSPS) is 11.1. The third kappa shape index (κ3) is 4.05. The molecule has 20 heavy (non-hydrogen) atoms. The van der Waals surface area contributed by atoms with E-state index < -0.39 is 0 Å². The molecule has 0 fully saturated rings. The van der Waals surface area contributed by atoms with E-state index in [0.29, 0.717) is 29.2 Å². The Hall–Kier alpha value is -1.90. The van der Waals surface area contributed by atoms with E-state index in [-0.39, 0.29) is 11.5 Å². The van der Waals surface area contributed by atoms with E-state index in [2.05, 4.69) is 0 Å². The Morgan fingerprint density at radius 1 is 1.30 bits per heavy atom. The zero-order chi connectivity index (χ0) is 15.3. The highest BCUT2D eigenvalue weighted by molar-refractivity contribution is 5.69. The molecule has 1 rings (SSSR count). The van der Waals surface area contributed by atoms with E-state index in [0.717, 1.165) is 0 Å². The molecule has 3 heteroatoms. The summed E-state index contributed by atoms with van der Waals surface area (Å²) in [5.41, 5.74) is 2.30. The minimum Gasteiger partial charge on any atom is -0.507 e. The van der Waals surface area contributed by atoms with Gasteiger partial charge in [-0.1, -0.05) is 37.6 Å². The van der Waals surface area contributed by atoms with Crippen LogP contribution in [0.2, 0.25) is 0 Å². The second kappa shape index (κ2) is 7.04. The largest absolute Gasteiger partial charge is 0.507 e. The number of phenols is 2. The van der Waals surface area contributed by atoms with Crippen molar-refractivity contribution in [3.8, 4) is 17.2 Å². The molecule has 0 saturated heterocycles. The molecule has 0 amide bonds. The number of phenolic OH excluding ortho intramolecular Hbond substituents is 2. The lowest BCUT2D eigenvalue weighted by Gasteiger charge is -2.13. The molecule has 0 saturated carbocycles. The molecule has 0 heterocycles. The number of benzene rings is 1. The van der Waals surface area contributed by atoms with E-state index in [4.69, 9.17) is 4.74 Å². The van der Waals surface area contributed by atoms with Gasteiger partial charge in [0.05, 0.1) is 12.7 Å². The van der Waals surface area contributed by atoms with E-state index in [9.17, 15) is 10.2 Å². The Balaban J connectivity index is 3.33. The van der Waals surface area contributed by atoms with E-state index >= 15 is 0 Å². The van der Waals surface area contributed by atoms with Gasteiger partial charge >= 0.3 is 0 Å². The van der Waals surface area contributed by atoms with Gasteiger partial charge in [0.25, 0.3) is 0 Å². The van der Waals surface area contributed by atoms with Crippen LogP contribution < -0.4 is 4.74 Å². The summed E-state index contributed by atoms with van der Waals surface area (Å²) < 4.78 is 5.25. The Morgan fingerprint density at radius 3 is 2.45 bits per heavy atom. The van der Waals surface area contributed by atoms with Gasteiger partial charge in [-0.05, 0) is 26.2 Å². The molecule has 0 spiro atoms. The molecule has 0 unspecified atom stereocenters. The van der Waals surface area contributed by atoms with Gasteiger partial charge in [0, 0.05) is 11.6 Å². The van der Waals surface area contributed by atoms with Crippen molar-refractivity contribution in [3.63, 3.8) is 0 Å². The van der Waals surface area contributed by atoms with Gasteiger partial charge in [-0.25, -0.2) is 0 Å². The van der Waals surface area contributed by atoms with Crippen molar-refractivity contribution in [1.29, 1.82) is 0 Å². The summed E-state index contributed by atoms with van der Waals surface area (Å²) in [7, 11) is 1.53. The Kier molecular flexibility index (Phi) is 5.68. The molecule has 3 nitrogen and oxygen atoms in total. The smallest absolute Gasteiger partial charge is 0.133 e. The molecule has 0 radical (unpaired) electrons. The van der Waals surface area contributed by atoms with Crippen LogP contribution in [0.3, 0.4) is 0 Å². The highest BCUT2D eigenvalue weighted by Crippen LogP contribution is 2.39. The first-order valence-electron chi connectivity index (χ1n) is 6.80. The fraction of sp³-hybridized carbons (Fsp3) is 0.412. The number of methoxy groups -OCH3 is 1. The monoisotopic (exact) mass is 276 g/mol. The Labute approximate surface area is 121 Å². The number of allylic oxidation sites excluding steroid dienone is 3. The maximum Gasteiger partial charge on any atom is 0.133 e. The fourth-order valence-electron chi connectivity index (χ4n) is 1.83. The van der Waals surface area contributed by atoms with E-state index in [1.54, 1.807) is 12.1 Å². The van der Waals surface area contributed by atoms with Gasteiger partial charge in [-0.3, -0.25) is 0 Å². The first-order chi connectivity index (χ1) is 9.36. The maximum absolute atomic E-state index is 10.4. The topological polar surface area (TPSA) is 49.7 Å². The van der Waals surface area contributed by atoms with Crippen LogP contribution in [-0.2, 0) is 6.42 Å².